The zero-order valence-corrected chi connectivity index (χ0v) is 12.8. The SMILES string of the molecule is CC(C)(C)c1ccccc1OCCNc1ccccc1F. The molecule has 0 amide bonds. The standard InChI is InChI=1S/C18H22FNO/c1-18(2,3)14-8-4-7-11-17(14)21-13-12-20-16-10-6-5-9-15(16)19/h4-11,20H,12-13H2,1-3H3. The summed E-state index contributed by atoms with van der Waals surface area (Å²) in [5.74, 6) is 0.646. The quantitative estimate of drug-likeness (QED) is 0.811. The second kappa shape index (κ2) is 6.61. The molecule has 0 saturated carbocycles. The predicted molar refractivity (Wildman–Crippen MR) is 85.5 cm³/mol. The van der Waals surface area contributed by atoms with Crippen LogP contribution in [0.2, 0.25) is 0 Å². The topological polar surface area (TPSA) is 21.3 Å². The van der Waals surface area contributed by atoms with E-state index in [1.54, 1.807) is 18.2 Å². The van der Waals surface area contributed by atoms with Crippen molar-refractivity contribution in [1.82, 2.24) is 0 Å². The van der Waals surface area contributed by atoms with E-state index in [2.05, 4.69) is 32.2 Å². The number of benzene rings is 2. The molecule has 3 heteroatoms. The maximum Gasteiger partial charge on any atom is 0.146 e. The number of halogens is 1. The Hall–Kier alpha value is -2.03. The molecule has 0 atom stereocenters. The zero-order valence-electron chi connectivity index (χ0n) is 12.8. The van der Waals surface area contributed by atoms with Crippen LogP contribution in [0.4, 0.5) is 10.1 Å². The van der Waals surface area contributed by atoms with Crippen LogP contribution in [0.15, 0.2) is 48.5 Å². The second-order valence-corrected chi connectivity index (χ2v) is 6.00. The molecule has 2 aromatic rings. The van der Waals surface area contributed by atoms with Crippen LogP contribution in [-0.2, 0) is 5.41 Å². The van der Waals surface area contributed by atoms with Gasteiger partial charge in [0.15, 0.2) is 0 Å². The Balaban J connectivity index is 1.91. The summed E-state index contributed by atoms with van der Waals surface area (Å²) in [6, 6.07) is 14.7. The van der Waals surface area contributed by atoms with Crippen LogP contribution in [0.5, 0.6) is 5.75 Å². The highest BCUT2D eigenvalue weighted by atomic mass is 19.1. The fourth-order valence-corrected chi connectivity index (χ4v) is 2.16. The van der Waals surface area contributed by atoms with Gasteiger partial charge in [0.05, 0.1) is 5.69 Å². The van der Waals surface area contributed by atoms with Gasteiger partial charge in [0.1, 0.15) is 18.2 Å². The number of ether oxygens (including phenoxy) is 1. The van der Waals surface area contributed by atoms with Crippen LogP contribution < -0.4 is 10.1 Å². The fourth-order valence-electron chi connectivity index (χ4n) is 2.16. The lowest BCUT2D eigenvalue weighted by Gasteiger charge is -2.22. The van der Waals surface area contributed by atoms with Crippen LogP contribution >= 0.6 is 0 Å². The number of para-hydroxylation sites is 2. The van der Waals surface area contributed by atoms with E-state index < -0.39 is 0 Å². The summed E-state index contributed by atoms with van der Waals surface area (Å²) in [6.07, 6.45) is 0. The second-order valence-electron chi connectivity index (χ2n) is 6.00. The van der Waals surface area contributed by atoms with Gasteiger partial charge in [-0.05, 0) is 29.2 Å². The molecule has 0 heterocycles. The average molecular weight is 287 g/mol. The number of hydrogen-bond donors (Lipinski definition) is 1. The molecule has 2 nitrogen and oxygen atoms in total. The third-order valence-corrected chi connectivity index (χ3v) is 3.24. The van der Waals surface area contributed by atoms with Crippen LogP contribution in [0.3, 0.4) is 0 Å². The van der Waals surface area contributed by atoms with Crippen molar-refractivity contribution in [2.75, 3.05) is 18.5 Å². The molecule has 0 aliphatic carbocycles. The van der Waals surface area contributed by atoms with E-state index >= 15 is 0 Å². The van der Waals surface area contributed by atoms with E-state index in [1.807, 2.05) is 18.2 Å². The van der Waals surface area contributed by atoms with Gasteiger partial charge in [0.25, 0.3) is 0 Å². The van der Waals surface area contributed by atoms with Gasteiger partial charge in [0.2, 0.25) is 0 Å². The molecular weight excluding hydrogens is 265 g/mol. The molecule has 21 heavy (non-hydrogen) atoms. The van der Waals surface area contributed by atoms with Gasteiger partial charge in [-0.2, -0.15) is 0 Å². The van der Waals surface area contributed by atoms with E-state index in [1.165, 1.54) is 11.6 Å². The number of hydrogen-bond acceptors (Lipinski definition) is 2. The van der Waals surface area contributed by atoms with E-state index in [4.69, 9.17) is 4.74 Å². The maximum atomic E-state index is 13.5. The lowest BCUT2D eigenvalue weighted by Crippen LogP contribution is -2.16. The third kappa shape index (κ3) is 4.22. The van der Waals surface area contributed by atoms with Crippen LogP contribution in [0.1, 0.15) is 26.3 Å². The van der Waals surface area contributed by atoms with Gasteiger partial charge < -0.3 is 10.1 Å². The first kappa shape index (κ1) is 15.4. The van der Waals surface area contributed by atoms with Crippen molar-refractivity contribution in [2.45, 2.75) is 26.2 Å². The van der Waals surface area contributed by atoms with Gasteiger partial charge in [-0.15, -0.1) is 0 Å². The van der Waals surface area contributed by atoms with Crippen molar-refractivity contribution < 1.29 is 9.13 Å². The van der Waals surface area contributed by atoms with E-state index in [0.29, 0.717) is 18.8 Å². The molecule has 0 unspecified atom stereocenters. The molecular formula is C18H22FNO. The normalized spacial score (nSPS) is 11.2. The van der Waals surface area contributed by atoms with Gasteiger partial charge in [-0.1, -0.05) is 51.1 Å². The summed E-state index contributed by atoms with van der Waals surface area (Å²) >= 11 is 0. The minimum absolute atomic E-state index is 0.0373. The first-order chi connectivity index (χ1) is 9.98. The molecule has 2 aromatic carbocycles. The molecule has 2 rings (SSSR count). The van der Waals surface area contributed by atoms with Gasteiger partial charge in [0, 0.05) is 6.54 Å². The van der Waals surface area contributed by atoms with E-state index in [-0.39, 0.29) is 11.2 Å². The first-order valence-electron chi connectivity index (χ1n) is 7.19. The highest BCUT2D eigenvalue weighted by molar-refractivity contribution is 5.44. The average Bonchev–Trinajstić information content (AvgIpc) is 2.45. The summed E-state index contributed by atoms with van der Waals surface area (Å²) in [5.41, 5.74) is 1.72. The lowest BCUT2D eigenvalue weighted by molar-refractivity contribution is 0.323. The van der Waals surface area contributed by atoms with Crippen LogP contribution in [-0.4, -0.2) is 13.2 Å². The van der Waals surface area contributed by atoms with Crippen LogP contribution in [0, 0.1) is 5.82 Å². The van der Waals surface area contributed by atoms with E-state index in [9.17, 15) is 4.39 Å². The Morgan fingerprint density at radius 1 is 1.00 bits per heavy atom. The Kier molecular flexibility index (Phi) is 4.84. The number of rotatable bonds is 5. The molecule has 0 aliphatic rings. The van der Waals surface area contributed by atoms with Crippen molar-refractivity contribution in [3.8, 4) is 5.75 Å². The summed E-state index contributed by atoms with van der Waals surface area (Å²) in [7, 11) is 0. The van der Waals surface area contributed by atoms with Crippen molar-refractivity contribution in [3.05, 3.63) is 59.9 Å². The monoisotopic (exact) mass is 287 g/mol. The molecule has 1 N–H and O–H groups in total. The molecule has 0 radical (unpaired) electrons. The van der Waals surface area contributed by atoms with Crippen molar-refractivity contribution in [2.24, 2.45) is 0 Å². The van der Waals surface area contributed by atoms with Crippen molar-refractivity contribution in [1.29, 1.82) is 0 Å². The van der Waals surface area contributed by atoms with Gasteiger partial charge in [-0.3, -0.25) is 0 Å². The van der Waals surface area contributed by atoms with Crippen molar-refractivity contribution in [3.63, 3.8) is 0 Å². The minimum atomic E-state index is -0.243. The minimum Gasteiger partial charge on any atom is -0.491 e. The smallest absolute Gasteiger partial charge is 0.146 e. The number of anilines is 1. The molecule has 0 saturated heterocycles. The highest BCUT2D eigenvalue weighted by Crippen LogP contribution is 2.30. The van der Waals surface area contributed by atoms with Crippen molar-refractivity contribution >= 4 is 5.69 Å². The predicted octanol–water partition coefficient (Wildman–Crippen LogP) is 4.61. The summed E-state index contributed by atoms with van der Waals surface area (Å²) in [5, 5.41) is 3.04. The Labute approximate surface area is 126 Å². The van der Waals surface area contributed by atoms with Gasteiger partial charge >= 0.3 is 0 Å². The fraction of sp³-hybridized carbons (Fsp3) is 0.333. The molecule has 0 spiro atoms. The molecule has 0 aromatic heterocycles. The first-order valence-corrected chi connectivity index (χ1v) is 7.19. The highest BCUT2D eigenvalue weighted by Gasteiger charge is 2.18. The molecule has 0 fully saturated rings. The maximum absolute atomic E-state index is 13.5. The Morgan fingerprint density at radius 3 is 2.38 bits per heavy atom. The summed E-state index contributed by atoms with van der Waals surface area (Å²) in [6.45, 7) is 7.52. The third-order valence-electron chi connectivity index (χ3n) is 3.24. The van der Waals surface area contributed by atoms with E-state index in [0.717, 1.165) is 5.75 Å². The number of nitrogens with one attached hydrogen (secondary N) is 1. The molecule has 0 bridgehead atoms. The Bertz CT molecular complexity index is 590. The largest absolute Gasteiger partial charge is 0.491 e. The van der Waals surface area contributed by atoms with Crippen LogP contribution in [0.25, 0.3) is 0 Å². The molecule has 0 aliphatic heterocycles. The Morgan fingerprint density at radius 2 is 1.67 bits per heavy atom. The van der Waals surface area contributed by atoms with Gasteiger partial charge in [-0.25, -0.2) is 4.39 Å². The lowest BCUT2D eigenvalue weighted by atomic mass is 9.86. The summed E-state index contributed by atoms with van der Waals surface area (Å²) < 4.78 is 19.3. The summed E-state index contributed by atoms with van der Waals surface area (Å²) in [4.78, 5) is 0. The molecule has 112 valence electrons. The zero-order chi connectivity index (χ0) is 15.3.